The fourth-order valence-electron chi connectivity index (χ4n) is 4.25. The second-order valence-corrected chi connectivity index (χ2v) is 12.3. The van der Waals surface area contributed by atoms with Crippen LogP contribution in [-0.2, 0) is 14.6 Å². The van der Waals surface area contributed by atoms with Gasteiger partial charge in [-0.1, -0.05) is 53.5 Å². The van der Waals surface area contributed by atoms with Crippen LogP contribution in [0.3, 0.4) is 0 Å². The molecular formula is C27H25Cl2N3O3S. The molecule has 1 N–H and O–H groups in total. The van der Waals surface area contributed by atoms with Gasteiger partial charge < -0.3 is 15.0 Å². The largest absolute Gasteiger partial charge is 0.474 e. The van der Waals surface area contributed by atoms with Crippen molar-refractivity contribution in [3.05, 3.63) is 94.2 Å². The number of rotatable bonds is 5. The lowest BCUT2D eigenvalue weighted by atomic mass is 10.0. The molecule has 0 amide bonds. The molecule has 0 radical (unpaired) electrons. The van der Waals surface area contributed by atoms with Gasteiger partial charge in [-0.2, -0.15) is 0 Å². The van der Waals surface area contributed by atoms with E-state index >= 15 is 0 Å². The third-order valence-corrected chi connectivity index (χ3v) is 7.84. The maximum atomic E-state index is 12.0. The van der Waals surface area contributed by atoms with Crippen LogP contribution >= 0.6 is 23.2 Å². The highest BCUT2D eigenvalue weighted by Gasteiger charge is 2.36. The second-order valence-electron chi connectivity index (χ2n) is 9.50. The van der Waals surface area contributed by atoms with Gasteiger partial charge in [0.2, 0.25) is 5.90 Å². The first-order valence-corrected chi connectivity index (χ1v) is 14.0. The Bertz CT molecular complexity index is 1480. The highest BCUT2D eigenvalue weighted by atomic mass is 35.5. The Balaban J connectivity index is 1.53. The summed E-state index contributed by atoms with van der Waals surface area (Å²) in [5.41, 5.74) is 3.80. The smallest absolute Gasteiger partial charge is 0.235 e. The van der Waals surface area contributed by atoms with E-state index in [1.807, 2.05) is 73.5 Å². The molecule has 0 saturated heterocycles. The van der Waals surface area contributed by atoms with E-state index < -0.39 is 9.84 Å². The molecule has 2 aliphatic heterocycles. The topological polar surface area (TPSA) is 71.0 Å². The van der Waals surface area contributed by atoms with E-state index in [2.05, 4.69) is 5.32 Å². The third-order valence-electron chi connectivity index (χ3n) is 6.07. The van der Waals surface area contributed by atoms with Crippen molar-refractivity contribution in [3.63, 3.8) is 0 Å². The summed E-state index contributed by atoms with van der Waals surface area (Å²) in [6, 6.07) is 20.2. The molecule has 0 bridgehead atoms. The molecule has 5 rings (SSSR count). The Labute approximate surface area is 221 Å². The fourth-order valence-corrected chi connectivity index (χ4v) is 5.52. The van der Waals surface area contributed by atoms with Crippen molar-refractivity contribution in [2.45, 2.75) is 30.4 Å². The van der Waals surface area contributed by atoms with Crippen LogP contribution < -0.4 is 10.2 Å². The summed E-state index contributed by atoms with van der Waals surface area (Å²) in [6.45, 7) is 4.54. The molecule has 0 aliphatic carbocycles. The summed E-state index contributed by atoms with van der Waals surface area (Å²) in [6.07, 6.45) is 2.78. The summed E-state index contributed by atoms with van der Waals surface area (Å²) in [7, 11) is -3.30. The number of ether oxygens (including phenoxy) is 1. The molecule has 186 valence electrons. The molecule has 0 saturated carbocycles. The van der Waals surface area contributed by atoms with Crippen LogP contribution in [0.1, 0.15) is 25.6 Å². The lowest BCUT2D eigenvalue weighted by Crippen LogP contribution is -2.29. The van der Waals surface area contributed by atoms with Crippen molar-refractivity contribution in [2.24, 2.45) is 4.99 Å². The lowest BCUT2D eigenvalue weighted by Gasteiger charge is -2.27. The average molecular weight is 542 g/mol. The van der Waals surface area contributed by atoms with E-state index in [0.29, 0.717) is 22.5 Å². The normalized spacial score (nSPS) is 18.9. The Morgan fingerprint density at radius 2 is 1.67 bits per heavy atom. The zero-order valence-corrected chi connectivity index (χ0v) is 22.3. The first-order chi connectivity index (χ1) is 17.0. The molecule has 0 aromatic heterocycles. The molecule has 1 unspecified atom stereocenters. The molecule has 3 aromatic carbocycles. The molecule has 6 nitrogen and oxygen atoms in total. The maximum Gasteiger partial charge on any atom is 0.235 e. The quantitative estimate of drug-likeness (QED) is 0.415. The first kappa shape index (κ1) is 24.7. The van der Waals surface area contributed by atoms with Crippen molar-refractivity contribution in [1.82, 2.24) is 5.32 Å². The highest BCUT2D eigenvalue weighted by Crippen LogP contribution is 2.39. The van der Waals surface area contributed by atoms with E-state index in [4.69, 9.17) is 32.9 Å². The Hall–Kier alpha value is -3.00. The molecule has 1 atom stereocenters. The highest BCUT2D eigenvalue weighted by molar-refractivity contribution is 7.90. The van der Waals surface area contributed by atoms with Gasteiger partial charge in [0.1, 0.15) is 18.5 Å². The van der Waals surface area contributed by atoms with Crippen LogP contribution in [0.5, 0.6) is 0 Å². The average Bonchev–Trinajstić information content (AvgIpc) is 3.42. The van der Waals surface area contributed by atoms with E-state index in [1.165, 1.54) is 6.26 Å². The van der Waals surface area contributed by atoms with Gasteiger partial charge in [-0.25, -0.2) is 13.4 Å². The van der Waals surface area contributed by atoms with Gasteiger partial charge in [0.15, 0.2) is 9.84 Å². The summed E-state index contributed by atoms with van der Waals surface area (Å²) < 4.78 is 29.9. The van der Waals surface area contributed by atoms with Crippen molar-refractivity contribution < 1.29 is 13.2 Å². The Morgan fingerprint density at radius 3 is 2.28 bits per heavy atom. The third kappa shape index (κ3) is 4.83. The monoisotopic (exact) mass is 541 g/mol. The van der Waals surface area contributed by atoms with Gasteiger partial charge in [-0.3, -0.25) is 0 Å². The lowest BCUT2D eigenvalue weighted by molar-refractivity contribution is 0.278. The van der Waals surface area contributed by atoms with Crippen LogP contribution in [0.15, 0.2) is 88.5 Å². The van der Waals surface area contributed by atoms with Crippen LogP contribution in [0.2, 0.25) is 10.0 Å². The van der Waals surface area contributed by atoms with Crippen molar-refractivity contribution >= 4 is 44.6 Å². The minimum Gasteiger partial charge on any atom is -0.474 e. The number of sulfone groups is 1. The molecule has 0 spiro atoms. The summed E-state index contributed by atoms with van der Waals surface area (Å²) in [5.74, 6) is 0.546. The van der Waals surface area contributed by atoms with Gasteiger partial charge in [0, 0.05) is 33.8 Å². The van der Waals surface area contributed by atoms with Gasteiger partial charge in [-0.05, 0) is 61.4 Å². The fraction of sp³-hybridized carbons (Fsp3) is 0.222. The summed E-state index contributed by atoms with van der Waals surface area (Å²) in [4.78, 5) is 7.03. The number of nitrogens with one attached hydrogen (secondary N) is 1. The SMILES string of the molecule is CC1(C)COC(C2=CN(c3ccc(-c4cccc(S(C)(=O)=O)c4)cc3)C(c3c(Cl)cccc3Cl)N2)=N1. The van der Waals surface area contributed by atoms with Crippen LogP contribution in [0.4, 0.5) is 5.69 Å². The second kappa shape index (κ2) is 9.14. The Morgan fingerprint density at radius 1 is 1.00 bits per heavy atom. The number of halogens is 2. The van der Waals surface area contributed by atoms with Gasteiger partial charge in [-0.15, -0.1) is 0 Å². The van der Waals surface area contributed by atoms with Crippen LogP contribution in [0, 0.1) is 0 Å². The number of nitrogens with zero attached hydrogens (tertiary/aromatic N) is 2. The minimum atomic E-state index is -3.30. The van der Waals surface area contributed by atoms with Crippen molar-refractivity contribution in [1.29, 1.82) is 0 Å². The molecular weight excluding hydrogens is 517 g/mol. The zero-order chi connectivity index (χ0) is 25.7. The molecule has 9 heteroatoms. The van der Waals surface area contributed by atoms with Gasteiger partial charge >= 0.3 is 0 Å². The molecule has 2 aliphatic rings. The van der Waals surface area contributed by atoms with Gasteiger partial charge in [0.05, 0.1) is 10.4 Å². The van der Waals surface area contributed by atoms with E-state index in [9.17, 15) is 8.42 Å². The minimum absolute atomic E-state index is 0.286. The molecule has 3 aromatic rings. The zero-order valence-electron chi connectivity index (χ0n) is 20.0. The summed E-state index contributed by atoms with van der Waals surface area (Å²) >= 11 is 13.2. The van der Waals surface area contributed by atoms with E-state index in [1.54, 1.807) is 18.2 Å². The molecule has 0 fully saturated rings. The van der Waals surface area contributed by atoms with Crippen molar-refractivity contribution in [3.8, 4) is 11.1 Å². The number of benzene rings is 3. The number of hydrogen-bond donors (Lipinski definition) is 1. The number of hydrogen-bond acceptors (Lipinski definition) is 6. The first-order valence-electron chi connectivity index (χ1n) is 11.4. The van der Waals surface area contributed by atoms with E-state index in [0.717, 1.165) is 28.1 Å². The van der Waals surface area contributed by atoms with Crippen LogP contribution in [-0.4, -0.2) is 32.7 Å². The maximum absolute atomic E-state index is 12.0. The standard InChI is InChI=1S/C27H25Cl2N3O3S/c1-27(2)16-35-26(31-27)23-15-32(25(30-23)24-21(28)8-5-9-22(24)29)19-12-10-17(11-13-19)18-6-4-7-20(14-18)36(3,33)34/h4-15,25,30H,16H2,1-3H3. The molecule has 2 heterocycles. The predicted octanol–water partition coefficient (Wildman–Crippen LogP) is 6.22. The molecule has 36 heavy (non-hydrogen) atoms. The van der Waals surface area contributed by atoms with E-state index in [-0.39, 0.29) is 16.6 Å². The predicted molar refractivity (Wildman–Crippen MR) is 145 cm³/mol. The Kier molecular flexibility index (Phi) is 6.27. The number of anilines is 1. The van der Waals surface area contributed by atoms with Crippen LogP contribution in [0.25, 0.3) is 11.1 Å². The number of aliphatic imine (C=N–C) groups is 1. The van der Waals surface area contributed by atoms with Crippen molar-refractivity contribution in [2.75, 3.05) is 17.8 Å². The summed E-state index contributed by atoms with van der Waals surface area (Å²) in [5, 5.41) is 4.57. The van der Waals surface area contributed by atoms with Gasteiger partial charge in [0.25, 0.3) is 0 Å².